The maximum absolute atomic E-state index is 12.5. The molecule has 0 amide bonds. The Morgan fingerprint density at radius 3 is 2.57 bits per heavy atom. The fourth-order valence-corrected chi connectivity index (χ4v) is 2.61. The van der Waals surface area contributed by atoms with Crippen LogP contribution in [0, 0.1) is 0 Å². The van der Waals surface area contributed by atoms with E-state index in [0.717, 1.165) is 11.8 Å². The number of alkyl halides is 3. The number of halogens is 4. The number of hydrogen-bond acceptors (Lipinski definition) is 4. The molecular weight excluding hydrogens is 333 g/mol. The summed E-state index contributed by atoms with van der Waals surface area (Å²) in [6.07, 6.45) is -4.13. The van der Waals surface area contributed by atoms with Crippen LogP contribution in [0.3, 0.4) is 0 Å². The normalized spacial score (nSPS) is 17.9. The Hall–Kier alpha value is -2.02. The summed E-state index contributed by atoms with van der Waals surface area (Å²) < 4.78 is 42.0. The van der Waals surface area contributed by atoms with Crippen LogP contribution >= 0.6 is 11.6 Å². The Morgan fingerprint density at radius 2 is 2.04 bits per heavy atom. The minimum Gasteiger partial charge on any atom is -0.361 e. The van der Waals surface area contributed by atoms with E-state index < -0.39 is 11.9 Å². The molecule has 0 spiro atoms. The van der Waals surface area contributed by atoms with E-state index in [1.165, 1.54) is 0 Å². The highest BCUT2D eigenvalue weighted by molar-refractivity contribution is 6.30. The van der Waals surface area contributed by atoms with Crippen LogP contribution in [0.15, 0.2) is 34.9 Å². The molecule has 0 aliphatic carbocycles. The van der Waals surface area contributed by atoms with Crippen molar-refractivity contribution in [2.24, 2.45) is 0 Å². The van der Waals surface area contributed by atoms with Gasteiger partial charge in [-0.05, 0) is 30.7 Å². The number of nitrogens with zero attached hydrogens (tertiary/aromatic N) is 2. The molecule has 1 aromatic carbocycles. The quantitative estimate of drug-likeness (QED) is 0.847. The summed E-state index contributed by atoms with van der Waals surface area (Å²) in [6, 6.07) is 7.46. The molecule has 1 aliphatic heterocycles. The molecule has 122 valence electrons. The second-order valence-corrected chi connectivity index (χ2v) is 5.73. The number of carbonyl (C=O) groups excluding carboxylic acids is 1. The monoisotopic (exact) mass is 344 g/mol. The lowest BCUT2D eigenvalue weighted by Gasteiger charge is -2.41. The van der Waals surface area contributed by atoms with E-state index >= 15 is 0 Å². The molecule has 0 saturated carbocycles. The van der Waals surface area contributed by atoms with Crippen molar-refractivity contribution in [3.8, 4) is 0 Å². The number of anilines is 1. The minimum atomic E-state index is -4.57. The number of aromatic nitrogens is 1. The van der Waals surface area contributed by atoms with E-state index in [0.29, 0.717) is 18.0 Å². The van der Waals surface area contributed by atoms with Crippen LogP contribution in [-0.4, -0.2) is 23.5 Å². The second-order valence-electron chi connectivity index (χ2n) is 5.29. The average molecular weight is 345 g/mol. The van der Waals surface area contributed by atoms with Crippen molar-refractivity contribution in [1.82, 2.24) is 5.16 Å². The molecule has 0 radical (unpaired) electrons. The SMILES string of the molecule is O=C(Cc1cc(C(F)(F)F)no1)[C@@H]1CCN1c1ccc(Cl)cc1. The Morgan fingerprint density at radius 1 is 1.35 bits per heavy atom. The van der Waals surface area contributed by atoms with Crippen LogP contribution in [0.1, 0.15) is 17.9 Å². The van der Waals surface area contributed by atoms with Crippen molar-refractivity contribution >= 4 is 23.1 Å². The second kappa shape index (κ2) is 5.88. The summed E-state index contributed by atoms with van der Waals surface area (Å²) in [6.45, 7) is 0.711. The minimum absolute atomic E-state index is 0.0784. The Kier molecular flexibility index (Phi) is 4.06. The average Bonchev–Trinajstić information content (AvgIpc) is 2.88. The lowest BCUT2D eigenvalue weighted by Crippen LogP contribution is -2.53. The van der Waals surface area contributed by atoms with E-state index in [9.17, 15) is 18.0 Å². The highest BCUT2D eigenvalue weighted by atomic mass is 35.5. The molecule has 8 heteroatoms. The standard InChI is InChI=1S/C15H12ClF3N2O2/c16-9-1-3-10(4-2-9)21-6-5-12(21)13(22)7-11-8-14(20-23-11)15(17,18)19/h1-4,8,12H,5-7H2/t12-/m0/s1. The summed E-state index contributed by atoms with van der Waals surface area (Å²) in [7, 11) is 0. The number of carbonyl (C=O) groups is 1. The smallest absolute Gasteiger partial charge is 0.361 e. The summed E-state index contributed by atoms with van der Waals surface area (Å²) in [4.78, 5) is 14.2. The topological polar surface area (TPSA) is 46.3 Å². The Labute approximate surface area is 134 Å². The molecule has 1 atom stereocenters. The van der Waals surface area contributed by atoms with Crippen LogP contribution < -0.4 is 4.90 Å². The van der Waals surface area contributed by atoms with Gasteiger partial charge in [-0.1, -0.05) is 16.8 Å². The van der Waals surface area contributed by atoms with Gasteiger partial charge in [0, 0.05) is 23.3 Å². The Bertz CT molecular complexity index is 712. The zero-order valence-corrected chi connectivity index (χ0v) is 12.6. The number of ketones is 1. The predicted molar refractivity (Wildman–Crippen MR) is 77.4 cm³/mol. The van der Waals surface area contributed by atoms with E-state index in [1.807, 2.05) is 4.90 Å². The molecular formula is C15H12ClF3N2O2. The first kappa shape index (κ1) is 15.9. The summed E-state index contributed by atoms with van der Waals surface area (Å²) in [5.74, 6) is -0.277. The van der Waals surface area contributed by atoms with Gasteiger partial charge in [-0.15, -0.1) is 0 Å². The molecule has 1 saturated heterocycles. The number of benzene rings is 1. The van der Waals surface area contributed by atoms with Gasteiger partial charge in [-0.3, -0.25) is 4.79 Å². The molecule has 2 heterocycles. The van der Waals surface area contributed by atoms with Crippen LogP contribution in [0.2, 0.25) is 5.02 Å². The van der Waals surface area contributed by atoms with E-state index in [2.05, 4.69) is 9.68 Å². The first-order valence-electron chi connectivity index (χ1n) is 6.92. The molecule has 4 nitrogen and oxygen atoms in total. The van der Waals surface area contributed by atoms with Gasteiger partial charge in [0.05, 0.1) is 12.5 Å². The molecule has 23 heavy (non-hydrogen) atoms. The lowest BCUT2D eigenvalue weighted by molar-refractivity contribution is -0.142. The largest absolute Gasteiger partial charge is 0.436 e. The van der Waals surface area contributed by atoms with Gasteiger partial charge < -0.3 is 9.42 Å². The maximum atomic E-state index is 12.5. The summed E-state index contributed by atoms with van der Waals surface area (Å²) in [5.41, 5.74) is -0.268. The Balaban J connectivity index is 1.66. The number of rotatable bonds is 4. The molecule has 2 aromatic rings. The highest BCUT2D eigenvalue weighted by Gasteiger charge is 2.37. The maximum Gasteiger partial charge on any atom is 0.436 e. The first-order valence-corrected chi connectivity index (χ1v) is 7.30. The lowest BCUT2D eigenvalue weighted by atomic mass is 9.95. The van der Waals surface area contributed by atoms with Crippen molar-refractivity contribution < 1.29 is 22.5 Å². The zero-order valence-electron chi connectivity index (χ0n) is 11.8. The van der Waals surface area contributed by atoms with Gasteiger partial charge in [0.15, 0.2) is 11.5 Å². The molecule has 0 bridgehead atoms. The van der Waals surface area contributed by atoms with E-state index in [4.69, 9.17) is 11.6 Å². The van der Waals surface area contributed by atoms with Gasteiger partial charge in [0.1, 0.15) is 5.76 Å². The van der Waals surface area contributed by atoms with Crippen molar-refractivity contribution in [3.05, 3.63) is 46.8 Å². The van der Waals surface area contributed by atoms with Gasteiger partial charge in [-0.25, -0.2) is 0 Å². The van der Waals surface area contributed by atoms with Gasteiger partial charge in [-0.2, -0.15) is 13.2 Å². The van der Waals surface area contributed by atoms with Crippen molar-refractivity contribution in [2.45, 2.75) is 25.1 Å². The van der Waals surface area contributed by atoms with Crippen LogP contribution in [0.4, 0.5) is 18.9 Å². The predicted octanol–water partition coefficient (Wildman–Crippen LogP) is 3.74. The summed E-state index contributed by atoms with van der Waals surface area (Å²) >= 11 is 5.83. The molecule has 1 aromatic heterocycles. The van der Waals surface area contributed by atoms with Crippen LogP contribution in [0.25, 0.3) is 0 Å². The van der Waals surface area contributed by atoms with Gasteiger partial charge in [0.25, 0.3) is 0 Å². The molecule has 1 fully saturated rings. The number of Topliss-reactive ketones (excluding diaryl/α,β-unsaturated/α-hetero) is 1. The number of hydrogen-bond donors (Lipinski definition) is 0. The van der Waals surface area contributed by atoms with Crippen molar-refractivity contribution in [1.29, 1.82) is 0 Å². The van der Waals surface area contributed by atoms with E-state index in [-0.39, 0.29) is 24.0 Å². The molecule has 3 rings (SSSR count). The third-order valence-corrected chi connectivity index (χ3v) is 4.00. The molecule has 0 N–H and O–H groups in total. The van der Waals surface area contributed by atoms with Crippen LogP contribution in [0.5, 0.6) is 0 Å². The fourth-order valence-electron chi connectivity index (χ4n) is 2.48. The van der Waals surface area contributed by atoms with Gasteiger partial charge in [0.2, 0.25) is 0 Å². The molecule has 0 unspecified atom stereocenters. The zero-order chi connectivity index (χ0) is 16.6. The fraction of sp³-hybridized carbons (Fsp3) is 0.333. The van der Waals surface area contributed by atoms with Gasteiger partial charge >= 0.3 is 6.18 Å². The van der Waals surface area contributed by atoms with Crippen LogP contribution in [-0.2, 0) is 17.4 Å². The highest BCUT2D eigenvalue weighted by Crippen LogP contribution is 2.31. The summed E-state index contributed by atoms with van der Waals surface area (Å²) in [5, 5.41) is 3.55. The van der Waals surface area contributed by atoms with E-state index in [1.54, 1.807) is 24.3 Å². The first-order chi connectivity index (χ1) is 10.8. The van der Waals surface area contributed by atoms with Crippen molar-refractivity contribution in [2.75, 3.05) is 11.4 Å². The molecule has 1 aliphatic rings. The third kappa shape index (κ3) is 3.34. The third-order valence-electron chi connectivity index (χ3n) is 3.75. The van der Waals surface area contributed by atoms with Crippen molar-refractivity contribution in [3.63, 3.8) is 0 Å².